The number of thiophene rings is 1. The summed E-state index contributed by atoms with van der Waals surface area (Å²) in [6.45, 7) is 3.84. The van der Waals surface area contributed by atoms with Gasteiger partial charge < -0.3 is 9.84 Å². The summed E-state index contributed by atoms with van der Waals surface area (Å²) in [5, 5.41) is 16.9. The summed E-state index contributed by atoms with van der Waals surface area (Å²) in [5.41, 5.74) is 2.30. The minimum absolute atomic E-state index is 0.0104. The molecular weight excluding hydrogens is 839 g/mol. The summed E-state index contributed by atoms with van der Waals surface area (Å²) in [6.07, 6.45) is 2.53. The van der Waals surface area contributed by atoms with Gasteiger partial charge in [-0.15, -0.1) is 11.3 Å². The fourth-order valence-corrected chi connectivity index (χ4v) is 11.3. The third-order valence-corrected chi connectivity index (χ3v) is 14.4. The average molecular weight is 873 g/mol. The van der Waals surface area contributed by atoms with Crippen molar-refractivity contribution < 1.29 is 29.0 Å². The molecule has 10 nitrogen and oxygen atoms in total. The lowest BCUT2D eigenvalue weighted by Gasteiger charge is -2.49. The number of amides is 4. The molecule has 4 heterocycles. The van der Waals surface area contributed by atoms with Crippen LogP contribution in [0.5, 0.6) is 11.5 Å². The minimum Gasteiger partial charge on any atom is -0.508 e. The first-order valence-electron chi connectivity index (χ1n) is 17.6. The number of benzene rings is 3. The van der Waals surface area contributed by atoms with Crippen molar-refractivity contribution in [3.05, 3.63) is 98.1 Å². The molecule has 3 fully saturated rings. The fourth-order valence-electron chi connectivity index (χ4n) is 9.58. The number of hydrogen-bond acceptors (Lipinski definition) is 8. The standard InChI is InChI=1S/C41H34ClIN4O6S/c1-19-27-15-20(42)5-14-32(27)54-36(19)30-18-33(45(3)44-30)47-38(50)29-17-28-24(35(41(29,2)40(47)52)25-11-10-23(48)16-31(25)53-4)12-13-26-34(28)39(51)46(37(26)49)22-8-6-21(43)7-9-22/h5-12,14-16,18,26,28-29,34-35,48H,13,17H2,1-4H3. The van der Waals surface area contributed by atoms with Crippen LogP contribution in [0.3, 0.4) is 0 Å². The summed E-state index contributed by atoms with van der Waals surface area (Å²) < 4.78 is 9.40. The lowest BCUT2D eigenvalue weighted by molar-refractivity contribution is -0.131. The number of halogens is 2. The number of carbonyl (C=O) groups is 4. The molecule has 4 aliphatic rings. The van der Waals surface area contributed by atoms with Gasteiger partial charge in [-0.25, -0.2) is 4.90 Å². The summed E-state index contributed by atoms with van der Waals surface area (Å²) in [6, 6.07) is 19.6. The fraction of sp³-hybridized carbons (Fsp3) is 0.293. The van der Waals surface area contributed by atoms with Crippen molar-refractivity contribution in [1.82, 2.24) is 9.78 Å². The highest BCUT2D eigenvalue weighted by Gasteiger charge is 2.68. The van der Waals surface area contributed by atoms with E-state index in [0.29, 0.717) is 40.0 Å². The lowest BCUT2D eigenvalue weighted by Crippen LogP contribution is -2.49. The van der Waals surface area contributed by atoms with Crippen molar-refractivity contribution in [2.45, 2.75) is 32.6 Å². The van der Waals surface area contributed by atoms with Crippen molar-refractivity contribution in [1.29, 1.82) is 0 Å². The maximum Gasteiger partial charge on any atom is 0.242 e. The molecule has 0 bridgehead atoms. The van der Waals surface area contributed by atoms with Gasteiger partial charge in [-0.05, 0) is 115 Å². The van der Waals surface area contributed by atoms with Gasteiger partial charge in [0.25, 0.3) is 0 Å². The van der Waals surface area contributed by atoms with Gasteiger partial charge in [0.15, 0.2) is 0 Å². The van der Waals surface area contributed by atoms with Crippen molar-refractivity contribution in [2.75, 3.05) is 16.9 Å². The molecular formula is C41H34ClIN4O6S. The smallest absolute Gasteiger partial charge is 0.242 e. The highest BCUT2D eigenvalue weighted by Crippen LogP contribution is 2.64. The second-order valence-corrected chi connectivity index (χ2v) is 17.5. The van der Waals surface area contributed by atoms with Gasteiger partial charge in [-0.3, -0.25) is 28.8 Å². The third-order valence-electron chi connectivity index (χ3n) is 12.1. The number of anilines is 2. The monoisotopic (exact) mass is 872 g/mol. The normalized spacial score (nSPS) is 26.3. The Hall–Kier alpha value is -4.53. The highest BCUT2D eigenvalue weighted by atomic mass is 127. The zero-order chi connectivity index (χ0) is 38.0. The van der Waals surface area contributed by atoms with E-state index >= 15 is 4.79 Å². The van der Waals surface area contributed by atoms with E-state index in [0.717, 1.165) is 29.7 Å². The van der Waals surface area contributed by atoms with Crippen LogP contribution in [-0.2, 0) is 26.2 Å². The van der Waals surface area contributed by atoms with E-state index in [2.05, 4.69) is 22.6 Å². The van der Waals surface area contributed by atoms with Gasteiger partial charge in [0, 0.05) is 44.0 Å². The Balaban J connectivity index is 1.16. The summed E-state index contributed by atoms with van der Waals surface area (Å²) in [4.78, 5) is 61.9. The van der Waals surface area contributed by atoms with Crippen molar-refractivity contribution >= 4 is 90.7 Å². The number of imide groups is 2. The molecule has 1 saturated carbocycles. The van der Waals surface area contributed by atoms with Crippen molar-refractivity contribution in [3.63, 3.8) is 0 Å². The molecule has 6 unspecified atom stereocenters. The van der Waals surface area contributed by atoms with Crippen LogP contribution < -0.4 is 14.5 Å². The first kappa shape index (κ1) is 35.2. The Morgan fingerprint density at radius 2 is 1.72 bits per heavy atom. The number of carbonyl (C=O) groups excluding carboxylic acids is 4. The topological polar surface area (TPSA) is 122 Å². The molecule has 4 amide bonds. The SMILES string of the molecule is COc1cc(O)ccc1C1C2=CCC3C(=O)N(c4ccc(I)cc4)C(=O)C3C2CC2C(=O)N(c3cc(-c4sc5ccc(Cl)cc5c4C)nn3C)C(=O)C21C. The van der Waals surface area contributed by atoms with Gasteiger partial charge in [-0.1, -0.05) is 29.3 Å². The summed E-state index contributed by atoms with van der Waals surface area (Å²) >= 11 is 10.1. The number of methoxy groups -OCH3 is 1. The van der Waals surface area contributed by atoms with E-state index in [9.17, 15) is 19.5 Å². The molecule has 274 valence electrons. The number of hydrogen-bond donors (Lipinski definition) is 1. The Morgan fingerprint density at radius 1 is 0.963 bits per heavy atom. The number of phenols is 1. The van der Waals surface area contributed by atoms with Gasteiger partial charge >= 0.3 is 0 Å². The lowest BCUT2D eigenvalue weighted by atomic mass is 9.51. The first-order chi connectivity index (χ1) is 25.8. The molecule has 5 aromatic rings. The van der Waals surface area contributed by atoms with Gasteiger partial charge in [0.2, 0.25) is 23.6 Å². The van der Waals surface area contributed by atoms with Crippen LogP contribution in [-0.4, -0.2) is 45.6 Å². The van der Waals surface area contributed by atoms with E-state index in [1.807, 2.05) is 50.3 Å². The molecule has 0 radical (unpaired) electrons. The summed E-state index contributed by atoms with van der Waals surface area (Å²) in [7, 11) is 3.22. The van der Waals surface area contributed by atoms with Crippen LogP contribution in [0.1, 0.15) is 36.8 Å². The predicted molar refractivity (Wildman–Crippen MR) is 215 cm³/mol. The average Bonchev–Trinajstić information content (AvgIpc) is 3.82. The number of nitrogens with zero attached hydrogens (tertiary/aromatic N) is 4. The third kappa shape index (κ3) is 4.91. The number of ether oxygens (including phenoxy) is 1. The Bertz CT molecular complexity index is 2510. The van der Waals surface area contributed by atoms with E-state index in [1.54, 1.807) is 53.4 Å². The molecule has 9 rings (SSSR count). The molecule has 1 N–H and O–H groups in total. The first-order valence-corrected chi connectivity index (χ1v) is 19.9. The number of rotatable bonds is 5. The Labute approximate surface area is 333 Å². The second-order valence-electron chi connectivity index (χ2n) is 14.8. The Morgan fingerprint density at radius 3 is 2.46 bits per heavy atom. The number of allylic oxidation sites excluding steroid dienone is 2. The van der Waals surface area contributed by atoms with Crippen molar-refractivity contribution in [3.8, 4) is 22.1 Å². The number of aromatic nitrogens is 2. The van der Waals surface area contributed by atoms with E-state index < -0.39 is 35.0 Å². The molecule has 6 atom stereocenters. The zero-order valence-electron chi connectivity index (χ0n) is 29.7. The van der Waals surface area contributed by atoms with E-state index in [1.165, 1.54) is 23.0 Å². The Kier molecular flexibility index (Phi) is 8.15. The van der Waals surface area contributed by atoms with E-state index in [-0.39, 0.29) is 35.8 Å². The number of aromatic hydroxyl groups is 1. The number of aryl methyl sites for hydroxylation is 2. The van der Waals surface area contributed by atoms with Gasteiger partial charge in [0.1, 0.15) is 23.0 Å². The van der Waals surface area contributed by atoms with Gasteiger partial charge in [0.05, 0.1) is 40.8 Å². The molecule has 3 aromatic carbocycles. The maximum absolute atomic E-state index is 15.2. The quantitative estimate of drug-likeness (QED) is 0.108. The molecule has 2 aromatic heterocycles. The molecule has 13 heteroatoms. The number of fused-ring (bicyclic) bond motifs is 5. The van der Waals surface area contributed by atoms with Crippen LogP contribution in [0.2, 0.25) is 5.02 Å². The van der Waals surface area contributed by atoms with Crippen LogP contribution >= 0.6 is 45.5 Å². The summed E-state index contributed by atoms with van der Waals surface area (Å²) in [5.74, 6) is -3.98. The molecule has 2 aliphatic heterocycles. The van der Waals surface area contributed by atoms with Crippen LogP contribution in [0.4, 0.5) is 11.5 Å². The molecule has 2 aliphatic carbocycles. The van der Waals surface area contributed by atoms with Gasteiger partial charge in [-0.2, -0.15) is 5.10 Å². The van der Waals surface area contributed by atoms with Crippen LogP contribution in [0.25, 0.3) is 20.7 Å². The molecule has 0 spiro atoms. The van der Waals surface area contributed by atoms with E-state index in [4.69, 9.17) is 21.4 Å². The molecule has 2 saturated heterocycles. The second kappa shape index (κ2) is 12.5. The maximum atomic E-state index is 15.2. The predicted octanol–water partition coefficient (Wildman–Crippen LogP) is 8.02. The zero-order valence-corrected chi connectivity index (χ0v) is 33.4. The minimum atomic E-state index is -1.30. The van der Waals surface area contributed by atoms with Crippen LogP contribution in [0.15, 0.2) is 78.4 Å². The largest absolute Gasteiger partial charge is 0.508 e. The van der Waals surface area contributed by atoms with Crippen molar-refractivity contribution in [2.24, 2.45) is 36.1 Å². The molecule has 54 heavy (non-hydrogen) atoms. The van der Waals surface area contributed by atoms with Crippen LogP contribution in [0, 0.1) is 39.6 Å². The number of phenolic OH excluding ortho intramolecular Hbond substituents is 1. The highest BCUT2D eigenvalue weighted by molar-refractivity contribution is 14.1.